The van der Waals surface area contributed by atoms with E-state index in [1.165, 1.54) is 28.6 Å². The van der Waals surface area contributed by atoms with Crippen molar-refractivity contribution in [1.29, 1.82) is 0 Å². The van der Waals surface area contributed by atoms with E-state index in [-0.39, 0.29) is 0 Å². The lowest BCUT2D eigenvalue weighted by atomic mass is 10.0. The number of benzene rings is 3. The van der Waals surface area contributed by atoms with Gasteiger partial charge < -0.3 is 26.4 Å². The molecule has 2 heterocycles. The lowest BCUT2D eigenvalue weighted by Gasteiger charge is -2.25. The zero-order valence-electron chi connectivity index (χ0n) is 32.1. The van der Waals surface area contributed by atoms with Crippen LogP contribution in [0.25, 0.3) is 11.1 Å². The molecule has 53 heavy (non-hydrogen) atoms. The van der Waals surface area contributed by atoms with Crippen molar-refractivity contribution in [3.8, 4) is 11.1 Å². The summed E-state index contributed by atoms with van der Waals surface area (Å²) >= 11 is 6.00. The first kappa shape index (κ1) is 43.2. The Labute approximate surface area is 322 Å². The van der Waals surface area contributed by atoms with Gasteiger partial charge in [-0.25, -0.2) is 9.97 Å². The van der Waals surface area contributed by atoms with Crippen LogP contribution in [-0.2, 0) is 22.6 Å². The van der Waals surface area contributed by atoms with E-state index in [0.717, 1.165) is 75.7 Å². The third-order valence-electron chi connectivity index (χ3n) is 8.84. The molecule has 10 nitrogen and oxygen atoms in total. The first-order valence-electron chi connectivity index (χ1n) is 18.6. The van der Waals surface area contributed by atoms with Crippen LogP contribution in [0.4, 0.5) is 11.5 Å². The number of halogens is 1. The highest BCUT2D eigenvalue weighted by atomic mass is 35.5. The number of hydrogen-bond acceptors (Lipinski definition) is 9. The van der Waals surface area contributed by atoms with E-state index in [0.29, 0.717) is 36.2 Å². The Morgan fingerprint density at radius 1 is 0.981 bits per heavy atom. The fourth-order valence-electron chi connectivity index (χ4n) is 5.61. The van der Waals surface area contributed by atoms with Crippen molar-refractivity contribution < 1.29 is 9.53 Å². The summed E-state index contributed by atoms with van der Waals surface area (Å²) in [5.41, 5.74) is 12.1. The first-order valence-corrected chi connectivity index (χ1v) is 19.0. The first-order chi connectivity index (χ1) is 25.7. The number of aromatic nitrogens is 2. The molecule has 1 amide bonds. The number of amides is 1. The molecule has 3 aromatic carbocycles. The van der Waals surface area contributed by atoms with Crippen LogP contribution in [0.15, 0.2) is 90.2 Å². The van der Waals surface area contributed by atoms with Crippen molar-refractivity contribution in [2.45, 2.75) is 72.3 Å². The molecule has 1 aliphatic heterocycles. The van der Waals surface area contributed by atoms with Crippen LogP contribution < -0.4 is 21.7 Å². The second-order valence-corrected chi connectivity index (χ2v) is 13.7. The molecule has 5 rings (SSSR count). The second kappa shape index (κ2) is 24.9. The highest BCUT2D eigenvalue weighted by molar-refractivity contribution is 6.30. The third kappa shape index (κ3) is 17.0. The van der Waals surface area contributed by atoms with Gasteiger partial charge in [-0.3, -0.25) is 14.7 Å². The summed E-state index contributed by atoms with van der Waals surface area (Å²) in [6.45, 7) is 14.2. The Morgan fingerprint density at radius 2 is 1.72 bits per heavy atom. The normalized spacial score (nSPS) is 15.7. The minimum absolute atomic E-state index is 0.298. The third-order valence-corrected chi connectivity index (χ3v) is 9.09. The Hall–Kier alpha value is -4.19. The number of nitrogens with one attached hydrogen (secondary N) is 3. The monoisotopic (exact) mass is 742 g/mol. The van der Waals surface area contributed by atoms with Crippen molar-refractivity contribution in [3.63, 3.8) is 0 Å². The maximum atomic E-state index is 10.6. The van der Waals surface area contributed by atoms with Crippen molar-refractivity contribution in [3.05, 3.63) is 107 Å². The van der Waals surface area contributed by atoms with Gasteiger partial charge in [-0.1, -0.05) is 86.1 Å². The Morgan fingerprint density at radius 3 is 2.38 bits per heavy atom. The van der Waals surface area contributed by atoms with Crippen LogP contribution in [-0.4, -0.2) is 79.5 Å². The molecule has 1 saturated heterocycles. The number of carbonyl (C=O) groups is 1. The highest BCUT2D eigenvalue weighted by Gasteiger charge is 2.23. The molecule has 5 N–H and O–H groups in total. The zero-order valence-corrected chi connectivity index (χ0v) is 32.9. The van der Waals surface area contributed by atoms with Crippen LogP contribution in [0.3, 0.4) is 0 Å². The largest absolute Gasteiger partial charge is 0.382 e. The molecule has 0 bridgehead atoms. The van der Waals surface area contributed by atoms with Crippen molar-refractivity contribution in [1.82, 2.24) is 30.8 Å². The second-order valence-electron chi connectivity index (χ2n) is 13.3. The maximum absolute atomic E-state index is 10.6. The number of hydrogen-bond donors (Lipinski definition) is 4. The minimum atomic E-state index is 0.298. The smallest absolute Gasteiger partial charge is 0.207 e. The van der Waals surface area contributed by atoms with E-state index < -0.39 is 0 Å². The van der Waals surface area contributed by atoms with Crippen LogP contribution in [0, 0.1) is 12.8 Å². The fraction of sp³-hybridized carbons (Fsp3) is 0.429. The summed E-state index contributed by atoms with van der Waals surface area (Å²) in [5.74, 6) is 0.894. The molecule has 0 saturated carbocycles. The molecule has 1 aromatic heterocycles. The minimum Gasteiger partial charge on any atom is -0.382 e. The number of nitrogens with two attached hydrogens (primary N) is 1. The number of aliphatic imine (C=N–C) groups is 1. The summed E-state index contributed by atoms with van der Waals surface area (Å²) in [4.78, 5) is 25.2. The van der Waals surface area contributed by atoms with Gasteiger partial charge in [-0.05, 0) is 86.5 Å². The topological polar surface area (TPSA) is 130 Å². The maximum Gasteiger partial charge on any atom is 0.207 e. The van der Waals surface area contributed by atoms with Crippen molar-refractivity contribution in [2.75, 3.05) is 45.5 Å². The summed E-state index contributed by atoms with van der Waals surface area (Å²) in [7, 11) is 1.95. The standard InChI is InChI=1S/C24H32ClN3O2.C10H16N4.C8H11N/c1-19-5-10-24(30-19)17-28(14-12-27-18-29)13-11-26-16-20-3-2-4-22(15-20)21-6-8-23(25)9-7-21;1-4-7(2)5-12-9-8(3)13-6-14-10(9)11;1-9-7-8-5-3-2-4-6-8/h2-4,6-9,15,18-19,24,26H,5,10-14,16-17H2,1H3,(H,27,29);5-7H,4H2,1-3H3,(H2,11,13,14);2-6,9H,7H2,1H3/t;7-;/m.1./s1. The number of ether oxygens (including phenoxy) is 1. The molecule has 286 valence electrons. The number of anilines is 1. The Bertz CT molecular complexity index is 1600. The van der Waals surface area contributed by atoms with Gasteiger partial charge in [0.05, 0.1) is 17.9 Å². The van der Waals surface area contributed by atoms with Gasteiger partial charge >= 0.3 is 0 Å². The molecule has 0 aliphatic carbocycles. The van der Waals surface area contributed by atoms with Crippen LogP contribution >= 0.6 is 11.6 Å². The number of nitrogens with zero attached hydrogens (tertiary/aromatic N) is 4. The van der Waals surface area contributed by atoms with Gasteiger partial charge in [0.25, 0.3) is 0 Å². The quantitative estimate of drug-likeness (QED) is 0.0507. The summed E-state index contributed by atoms with van der Waals surface area (Å²) < 4.78 is 5.98. The van der Waals surface area contributed by atoms with E-state index in [1.54, 1.807) is 0 Å². The molecule has 11 heteroatoms. The molecule has 1 aliphatic rings. The average Bonchev–Trinajstić information content (AvgIpc) is 3.58. The van der Waals surface area contributed by atoms with E-state index in [1.807, 2.05) is 62.7 Å². The Kier molecular flexibility index (Phi) is 20.3. The average molecular weight is 743 g/mol. The molecule has 1 fully saturated rings. The zero-order chi connectivity index (χ0) is 38.3. The lowest BCUT2D eigenvalue weighted by Crippen LogP contribution is -2.40. The fourth-order valence-corrected chi connectivity index (χ4v) is 5.73. The molecule has 0 spiro atoms. The predicted molar refractivity (Wildman–Crippen MR) is 221 cm³/mol. The molecular weight excluding hydrogens is 684 g/mol. The van der Waals surface area contributed by atoms with E-state index in [2.05, 4.69) is 93.0 Å². The molecule has 2 unspecified atom stereocenters. The van der Waals surface area contributed by atoms with E-state index in [4.69, 9.17) is 22.1 Å². The van der Waals surface area contributed by atoms with Gasteiger partial charge in [0.2, 0.25) is 6.41 Å². The van der Waals surface area contributed by atoms with Crippen LogP contribution in [0.2, 0.25) is 5.02 Å². The molecule has 0 radical (unpaired) electrons. The molecule has 3 atom stereocenters. The highest BCUT2D eigenvalue weighted by Crippen LogP contribution is 2.23. The lowest BCUT2D eigenvalue weighted by molar-refractivity contribution is -0.109. The van der Waals surface area contributed by atoms with Gasteiger partial charge in [0.15, 0.2) is 5.82 Å². The van der Waals surface area contributed by atoms with Gasteiger partial charge in [-0.15, -0.1) is 0 Å². The van der Waals surface area contributed by atoms with Crippen LogP contribution in [0.1, 0.15) is 56.9 Å². The number of rotatable bonds is 17. The number of carbonyl (C=O) groups excluding carboxylic acids is 1. The van der Waals surface area contributed by atoms with Gasteiger partial charge in [0.1, 0.15) is 12.0 Å². The van der Waals surface area contributed by atoms with E-state index in [9.17, 15) is 4.79 Å². The SMILES string of the molecule is CC1CCC(CN(CCNC=O)CCNCc2cccc(-c3ccc(Cl)cc3)c2)O1.CC[C@@H](C)C=Nc1c(C)ncnc1N.CNCc1ccccc1. The van der Waals surface area contributed by atoms with Gasteiger partial charge in [0, 0.05) is 57.1 Å². The number of nitrogen functional groups attached to an aromatic ring is 1. The van der Waals surface area contributed by atoms with Crippen LogP contribution in [0.5, 0.6) is 0 Å². The summed E-state index contributed by atoms with van der Waals surface area (Å²) in [6, 6.07) is 26.9. The predicted octanol–water partition coefficient (Wildman–Crippen LogP) is 7.23. The molecular formula is C42H59ClN8O2. The molecule has 4 aromatic rings. The van der Waals surface area contributed by atoms with E-state index >= 15 is 0 Å². The van der Waals surface area contributed by atoms with Crippen molar-refractivity contribution in [2.24, 2.45) is 10.9 Å². The van der Waals surface area contributed by atoms with Gasteiger partial charge in [-0.2, -0.15) is 0 Å². The summed E-state index contributed by atoms with van der Waals surface area (Å²) in [5, 5.41) is 10.1. The Balaban J connectivity index is 0.000000269. The van der Waals surface area contributed by atoms with Crippen molar-refractivity contribution >= 4 is 35.7 Å². The number of aryl methyl sites for hydroxylation is 1. The summed E-state index contributed by atoms with van der Waals surface area (Å²) in [6.07, 6.45) is 8.07.